The van der Waals surface area contributed by atoms with E-state index in [1.165, 1.54) is 21.6 Å². The van der Waals surface area contributed by atoms with Gasteiger partial charge >= 0.3 is 0 Å². The molecule has 2 N–H and O–H groups in total. The lowest BCUT2D eigenvalue weighted by Crippen LogP contribution is -1.98. The molecule has 17 heavy (non-hydrogen) atoms. The third-order valence-corrected chi connectivity index (χ3v) is 3.86. The highest BCUT2D eigenvalue weighted by molar-refractivity contribution is 7.10. The molecule has 3 heteroatoms. The Morgan fingerprint density at radius 3 is 2.71 bits per heavy atom. The summed E-state index contributed by atoms with van der Waals surface area (Å²) >= 11 is 1.74. The van der Waals surface area contributed by atoms with Crippen LogP contribution in [-0.4, -0.2) is 7.11 Å². The summed E-state index contributed by atoms with van der Waals surface area (Å²) < 4.78 is 5.44. The summed E-state index contributed by atoms with van der Waals surface area (Å²) in [6, 6.07) is 6.24. The molecule has 90 valence electrons. The van der Waals surface area contributed by atoms with Crippen molar-refractivity contribution in [2.24, 2.45) is 5.73 Å². The second-order valence-electron chi connectivity index (χ2n) is 4.10. The molecule has 2 nitrogen and oxygen atoms in total. The van der Waals surface area contributed by atoms with E-state index in [9.17, 15) is 0 Å². The van der Waals surface area contributed by atoms with Crippen LogP contribution in [0.2, 0.25) is 0 Å². The second-order valence-corrected chi connectivity index (χ2v) is 5.18. The summed E-state index contributed by atoms with van der Waals surface area (Å²) in [4.78, 5) is 1.29. The minimum absolute atomic E-state index is 0.566. The summed E-state index contributed by atoms with van der Waals surface area (Å²) in [6.07, 6.45) is 0. The fourth-order valence-electron chi connectivity index (χ4n) is 2.03. The number of thiophene rings is 1. The van der Waals surface area contributed by atoms with Crippen molar-refractivity contribution in [1.29, 1.82) is 0 Å². The Balaban J connectivity index is 2.66. The van der Waals surface area contributed by atoms with Crippen LogP contribution in [0.15, 0.2) is 23.6 Å². The smallest absolute Gasteiger partial charge is 0.126 e. The molecule has 1 aromatic carbocycles. The van der Waals surface area contributed by atoms with Crippen LogP contribution in [0.3, 0.4) is 0 Å². The highest BCUT2D eigenvalue weighted by Crippen LogP contribution is 2.38. The summed E-state index contributed by atoms with van der Waals surface area (Å²) in [5, 5.41) is 2.13. The zero-order chi connectivity index (χ0) is 12.4. The number of hydrogen-bond donors (Lipinski definition) is 1. The first-order chi connectivity index (χ1) is 8.17. The third-order valence-electron chi connectivity index (χ3n) is 2.90. The van der Waals surface area contributed by atoms with E-state index in [2.05, 4.69) is 31.4 Å². The van der Waals surface area contributed by atoms with E-state index in [1.54, 1.807) is 18.4 Å². The maximum absolute atomic E-state index is 5.80. The molecule has 0 saturated carbocycles. The number of ether oxygens (including phenoxy) is 1. The number of rotatable bonds is 3. The van der Waals surface area contributed by atoms with Gasteiger partial charge in [-0.25, -0.2) is 0 Å². The average Bonchev–Trinajstić information content (AvgIpc) is 2.70. The Kier molecular flexibility index (Phi) is 3.50. The van der Waals surface area contributed by atoms with Crippen LogP contribution in [0.1, 0.15) is 16.0 Å². The SMILES string of the molecule is COc1ccc(C)cc1-c1c(CN)csc1C. The summed E-state index contributed by atoms with van der Waals surface area (Å²) in [5.74, 6) is 0.909. The Bertz CT molecular complexity index is 531. The molecular formula is C14H17NOS. The maximum atomic E-state index is 5.80. The van der Waals surface area contributed by atoms with Gasteiger partial charge in [0, 0.05) is 22.5 Å². The average molecular weight is 247 g/mol. The quantitative estimate of drug-likeness (QED) is 0.901. The van der Waals surface area contributed by atoms with Crippen LogP contribution in [0.25, 0.3) is 11.1 Å². The summed E-state index contributed by atoms with van der Waals surface area (Å²) in [6.45, 7) is 4.78. The lowest BCUT2D eigenvalue weighted by molar-refractivity contribution is 0.416. The van der Waals surface area contributed by atoms with Crippen molar-refractivity contribution in [3.8, 4) is 16.9 Å². The van der Waals surface area contributed by atoms with Gasteiger partial charge in [0.2, 0.25) is 0 Å². The number of hydrogen-bond acceptors (Lipinski definition) is 3. The topological polar surface area (TPSA) is 35.2 Å². The molecule has 0 aliphatic carbocycles. The summed E-state index contributed by atoms with van der Waals surface area (Å²) in [5.41, 5.74) is 10.6. The lowest BCUT2D eigenvalue weighted by atomic mass is 9.99. The molecule has 0 saturated heterocycles. The molecule has 0 radical (unpaired) electrons. The normalized spacial score (nSPS) is 10.6. The van der Waals surface area contributed by atoms with E-state index in [-0.39, 0.29) is 0 Å². The highest BCUT2D eigenvalue weighted by Gasteiger charge is 2.14. The lowest BCUT2D eigenvalue weighted by Gasteiger charge is -2.11. The molecule has 0 spiro atoms. The standard InChI is InChI=1S/C14H17NOS/c1-9-4-5-13(16-3)12(6-9)14-10(2)17-8-11(14)7-15/h4-6,8H,7,15H2,1-3H3. The van der Waals surface area contributed by atoms with E-state index >= 15 is 0 Å². The van der Waals surface area contributed by atoms with Gasteiger partial charge in [-0.2, -0.15) is 0 Å². The van der Waals surface area contributed by atoms with Gasteiger partial charge in [-0.1, -0.05) is 11.6 Å². The fourth-order valence-corrected chi connectivity index (χ4v) is 2.93. The van der Waals surface area contributed by atoms with Gasteiger partial charge in [0.15, 0.2) is 0 Å². The van der Waals surface area contributed by atoms with Crippen molar-refractivity contribution in [3.63, 3.8) is 0 Å². The molecule has 0 atom stereocenters. The fraction of sp³-hybridized carbons (Fsp3) is 0.286. The van der Waals surface area contributed by atoms with E-state index < -0.39 is 0 Å². The Morgan fingerprint density at radius 1 is 1.29 bits per heavy atom. The van der Waals surface area contributed by atoms with Crippen molar-refractivity contribution >= 4 is 11.3 Å². The van der Waals surface area contributed by atoms with Crippen molar-refractivity contribution in [3.05, 3.63) is 39.6 Å². The van der Waals surface area contributed by atoms with Crippen molar-refractivity contribution in [2.75, 3.05) is 7.11 Å². The molecule has 2 aromatic rings. The second kappa shape index (κ2) is 4.90. The molecular weight excluding hydrogens is 230 g/mol. The monoisotopic (exact) mass is 247 g/mol. The predicted molar refractivity (Wildman–Crippen MR) is 73.7 cm³/mol. The van der Waals surface area contributed by atoms with Gasteiger partial charge in [0.05, 0.1) is 7.11 Å². The molecule has 0 unspecified atom stereocenters. The first kappa shape index (κ1) is 12.1. The number of aryl methyl sites for hydroxylation is 2. The van der Waals surface area contributed by atoms with Gasteiger partial charge < -0.3 is 10.5 Å². The zero-order valence-electron chi connectivity index (χ0n) is 10.4. The van der Waals surface area contributed by atoms with Crippen molar-refractivity contribution in [1.82, 2.24) is 0 Å². The first-order valence-corrected chi connectivity index (χ1v) is 6.47. The largest absolute Gasteiger partial charge is 0.496 e. The van der Waals surface area contributed by atoms with E-state index in [4.69, 9.17) is 10.5 Å². The maximum Gasteiger partial charge on any atom is 0.126 e. The molecule has 0 fully saturated rings. The summed E-state index contributed by atoms with van der Waals surface area (Å²) in [7, 11) is 1.71. The van der Waals surface area contributed by atoms with E-state index in [0.717, 1.165) is 11.3 Å². The van der Waals surface area contributed by atoms with Gasteiger partial charge in [-0.05, 0) is 36.9 Å². The van der Waals surface area contributed by atoms with Crippen LogP contribution < -0.4 is 10.5 Å². The van der Waals surface area contributed by atoms with Crippen LogP contribution in [0, 0.1) is 13.8 Å². The van der Waals surface area contributed by atoms with E-state index in [0.29, 0.717) is 6.54 Å². The molecule has 1 heterocycles. The number of nitrogens with two attached hydrogens (primary N) is 1. The van der Waals surface area contributed by atoms with Gasteiger partial charge in [0.25, 0.3) is 0 Å². The van der Waals surface area contributed by atoms with Gasteiger partial charge in [0.1, 0.15) is 5.75 Å². The Hall–Kier alpha value is -1.32. The highest BCUT2D eigenvalue weighted by atomic mass is 32.1. The minimum atomic E-state index is 0.566. The van der Waals surface area contributed by atoms with Crippen molar-refractivity contribution in [2.45, 2.75) is 20.4 Å². The molecule has 0 bridgehead atoms. The first-order valence-electron chi connectivity index (χ1n) is 5.59. The molecule has 0 aliphatic heterocycles. The number of benzene rings is 1. The van der Waals surface area contributed by atoms with Crippen LogP contribution in [-0.2, 0) is 6.54 Å². The predicted octanol–water partition coefficient (Wildman–Crippen LogP) is 3.50. The van der Waals surface area contributed by atoms with E-state index in [1.807, 2.05) is 6.07 Å². The van der Waals surface area contributed by atoms with Crippen LogP contribution in [0.4, 0.5) is 0 Å². The minimum Gasteiger partial charge on any atom is -0.496 e. The van der Waals surface area contributed by atoms with Gasteiger partial charge in [-0.3, -0.25) is 0 Å². The van der Waals surface area contributed by atoms with Crippen molar-refractivity contribution < 1.29 is 4.74 Å². The third kappa shape index (κ3) is 2.21. The van der Waals surface area contributed by atoms with Crippen LogP contribution >= 0.6 is 11.3 Å². The van der Waals surface area contributed by atoms with Gasteiger partial charge in [-0.15, -0.1) is 11.3 Å². The Labute approximate surface area is 106 Å². The van der Waals surface area contributed by atoms with Crippen LogP contribution in [0.5, 0.6) is 5.75 Å². The Morgan fingerprint density at radius 2 is 2.06 bits per heavy atom. The molecule has 0 aliphatic rings. The molecule has 0 amide bonds. The number of methoxy groups -OCH3 is 1. The zero-order valence-corrected chi connectivity index (χ0v) is 11.2. The molecule has 2 rings (SSSR count). The molecule has 1 aromatic heterocycles.